The summed E-state index contributed by atoms with van der Waals surface area (Å²) in [6.45, 7) is 9.93. The average Bonchev–Trinajstić information content (AvgIpc) is 2.38. The number of amides is 1. The lowest BCUT2D eigenvalue weighted by molar-refractivity contribution is -0.123. The summed E-state index contributed by atoms with van der Waals surface area (Å²) in [5.41, 5.74) is 0. The Morgan fingerprint density at radius 3 is 2.84 bits per heavy atom. The van der Waals surface area contributed by atoms with E-state index >= 15 is 0 Å². The third kappa shape index (κ3) is 6.92. The van der Waals surface area contributed by atoms with Gasteiger partial charge in [0.1, 0.15) is 0 Å². The van der Waals surface area contributed by atoms with Crippen molar-refractivity contribution in [3.63, 3.8) is 0 Å². The predicted octanol–water partition coefficient (Wildman–Crippen LogP) is 1.76. The van der Waals surface area contributed by atoms with Gasteiger partial charge in [-0.2, -0.15) is 0 Å². The molecular weight excluding hydrogens is 238 g/mol. The van der Waals surface area contributed by atoms with Crippen molar-refractivity contribution in [2.45, 2.75) is 65.0 Å². The number of unbranched alkanes of at least 4 members (excludes halogenated alkanes) is 1. The molecule has 0 saturated carbocycles. The van der Waals surface area contributed by atoms with Gasteiger partial charge >= 0.3 is 0 Å². The summed E-state index contributed by atoms with van der Waals surface area (Å²) >= 11 is 0. The molecule has 0 radical (unpaired) electrons. The number of nitrogens with one attached hydrogen (secondary N) is 2. The minimum atomic E-state index is 0.185. The Balaban J connectivity index is 2.32. The highest BCUT2D eigenvalue weighted by Gasteiger charge is 2.23. The summed E-state index contributed by atoms with van der Waals surface area (Å²) in [6.07, 6.45) is 5.93. The molecule has 1 rings (SSSR count). The SMILES string of the molecule is CCCCNC(=O)CN1CCCCC1CNC(C)C. The maximum Gasteiger partial charge on any atom is 0.234 e. The van der Waals surface area contributed by atoms with Gasteiger partial charge in [0.2, 0.25) is 5.91 Å². The zero-order valence-electron chi connectivity index (χ0n) is 12.9. The lowest BCUT2D eigenvalue weighted by atomic mass is 10.0. The fraction of sp³-hybridized carbons (Fsp3) is 0.933. The molecule has 0 aromatic rings. The third-order valence-electron chi connectivity index (χ3n) is 3.71. The zero-order chi connectivity index (χ0) is 14.1. The number of nitrogens with zero attached hydrogens (tertiary/aromatic N) is 1. The molecule has 1 aliphatic heterocycles. The maximum atomic E-state index is 11.9. The standard InChI is InChI=1S/C15H31N3O/c1-4-5-9-16-15(19)12-18-10-7-6-8-14(18)11-17-13(2)3/h13-14,17H,4-12H2,1-3H3,(H,16,19). The van der Waals surface area contributed by atoms with E-state index in [0.29, 0.717) is 18.6 Å². The van der Waals surface area contributed by atoms with Crippen LogP contribution < -0.4 is 10.6 Å². The monoisotopic (exact) mass is 269 g/mol. The topological polar surface area (TPSA) is 44.4 Å². The molecule has 112 valence electrons. The molecule has 0 bridgehead atoms. The Morgan fingerprint density at radius 2 is 2.16 bits per heavy atom. The second kappa shape index (κ2) is 9.32. The van der Waals surface area contributed by atoms with Crippen LogP contribution in [0.5, 0.6) is 0 Å². The number of carbonyl (C=O) groups excluding carboxylic acids is 1. The molecular formula is C15H31N3O. The second-order valence-corrected chi connectivity index (χ2v) is 5.89. The molecule has 1 unspecified atom stereocenters. The molecule has 0 aliphatic carbocycles. The smallest absolute Gasteiger partial charge is 0.234 e. The van der Waals surface area contributed by atoms with Crippen LogP contribution in [0.2, 0.25) is 0 Å². The Labute approximate surface area is 118 Å². The van der Waals surface area contributed by atoms with Gasteiger partial charge in [-0.25, -0.2) is 0 Å². The number of likely N-dealkylation sites (tertiary alicyclic amines) is 1. The first kappa shape index (κ1) is 16.4. The van der Waals surface area contributed by atoms with Gasteiger partial charge in [-0.15, -0.1) is 0 Å². The Kier molecular flexibility index (Phi) is 8.07. The van der Waals surface area contributed by atoms with Crippen molar-refractivity contribution in [3.8, 4) is 0 Å². The van der Waals surface area contributed by atoms with E-state index in [4.69, 9.17) is 0 Å². The molecule has 1 fully saturated rings. The van der Waals surface area contributed by atoms with Crippen molar-refractivity contribution in [3.05, 3.63) is 0 Å². The van der Waals surface area contributed by atoms with Crippen molar-refractivity contribution >= 4 is 5.91 Å². The molecule has 0 spiro atoms. The summed E-state index contributed by atoms with van der Waals surface area (Å²) in [7, 11) is 0. The first-order valence-electron chi connectivity index (χ1n) is 7.87. The van der Waals surface area contributed by atoms with E-state index in [9.17, 15) is 4.79 Å². The minimum Gasteiger partial charge on any atom is -0.355 e. The first-order valence-corrected chi connectivity index (χ1v) is 7.87. The quantitative estimate of drug-likeness (QED) is 0.660. The Bertz CT molecular complexity index is 256. The van der Waals surface area contributed by atoms with Crippen LogP contribution in [-0.4, -0.2) is 49.1 Å². The van der Waals surface area contributed by atoms with Gasteiger partial charge in [0.05, 0.1) is 6.54 Å². The number of hydrogen-bond donors (Lipinski definition) is 2. The van der Waals surface area contributed by atoms with Crippen molar-refractivity contribution in [2.24, 2.45) is 0 Å². The molecule has 4 heteroatoms. The van der Waals surface area contributed by atoms with Gasteiger partial charge in [-0.1, -0.05) is 33.6 Å². The van der Waals surface area contributed by atoms with E-state index in [0.717, 1.165) is 32.5 Å². The van der Waals surface area contributed by atoms with Crippen LogP contribution in [0.4, 0.5) is 0 Å². The third-order valence-corrected chi connectivity index (χ3v) is 3.71. The molecule has 1 saturated heterocycles. The Morgan fingerprint density at radius 1 is 1.37 bits per heavy atom. The molecule has 0 aromatic heterocycles. The van der Waals surface area contributed by atoms with Crippen LogP contribution in [0.25, 0.3) is 0 Å². The van der Waals surface area contributed by atoms with Gasteiger partial charge in [0, 0.05) is 25.2 Å². The average molecular weight is 269 g/mol. The number of rotatable bonds is 8. The van der Waals surface area contributed by atoms with E-state index in [2.05, 4.69) is 36.3 Å². The highest BCUT2D eigenvalue weighted by molar-refractivity contribution is 5.78. The van der Waals surface area contributed by atoms with E-state index in [1.807, 2.05) is 0 Å². The predicted molar refractivity (Wildman–Crippen MR) is 80.3 cm³/mol. The van der Waals surface area contributed by atoms with Crippen LogP contribution in [-0.2, 0) is 4.79 Å². The van der Waals surface area contributed by atoms with Gasteiger partial charge in [0.15, 0.2) is 0 Å². The van der Waals surface area contributed by atoms with E-state index in [1.54, 1.807) is 0 Å². The van der Waals surface area contributed by atoms with E-state index in [-0.39, 0.29) is 5.91 Å². The molecule has 19 heavy (non-hydrogen) atoms. The van der Waals surface area contributed by atoms with Gasteiger partial charge < -0.3 is 10.6 Å². The molecule has 4 nitrogen and oxygen atoms in total. The van der Waals surface area contributed by atoms with E-state index < -0.39 is 0 Å². The van der Waals surface area contributed by atoms with E-state index in [1.165, 1.54) is 19.3 Å². The van der Waals surface area contributed by atoms with Crippen LogP contribution in [0.1, 0.15) is 52.9 Å². The van der Waals surface area contributed by atoms with Gasteiger partial charge in [-0.3, -0.25) is 9.69 Å². The van der Waals surface area contributed by atoms with Crippen LogP contribution in [0, 0.1) is 0 Å². The number of piperidine rings is 1. The minimum absolute atomic E-state index is 0.185. The number of carbonyl (C=O) groups is 1. The van der Waals surface area contributed by atoms with Crippen molar-refractivity contribution < 1.29 is 4.79 Å². The maximum absolute atomic E-state index is 11.9. The molecule has 0 aromatic carbocycles. The summed E-state index contributed by atoms with van der Waals surface area (Å²) in [6, 6.07) is 1.04. The summed E-state index contributed by atoms with van der Waals surface area (Å²) in [5.74, 6) is 0.185. The summed E-state index contributed by atoms with van der Waals surface area (Å²) in [5, 5.41) is 6.51. The fourth-order valence-electron chi connectivity index (χ4n) is 2.52. The molecule has 1 amide bonds. The van der Waals surface area contributed by atoms with Gasteiger partial charge in [-0.05, 0) is 25.8 Å². The van der Waals surface area contributed by atoms with Crippen molar-refractivity contribution in [2.75, 3.05) is 26.2 Å². The number of hydrogen-bond acceptors (Lipinski definition) is 3. The largest absolute Gasteiger partial charge is 0.355 e. The zero-order valence-corrected chi connectivity index (χ0v) is 12.9. The lowest BCUT2D eigenvalue weighted by Crippen LogP contribution is -2.50. The molecule has 1 heterocycles. The van der Waals surface area contributed by atoms with Gasteiger partial charge in [0.25, 0.3) is 0 Å². The molecule has 2 N–H and O–H groups in total. The Hall–Kier alpha value is -0.610. The highest BCUT2D eigenvalue weighted by atomic mass is 16.2. The fourth-order valence-corrected chi connectivity index (χ4v) is 2.52. The van der Waals surface area contributed by atoms with Crippen LogP contribution in [0.3, 0.4) is 0 Å². The van der Waals surface area contributed by atoms with Crippen molar-refractivity contribution in [1.29, 1.82) is 0 Å². The lowest BCUT2D eigenvalue weighted by Gasteiger charge is -2.35. The summed E-state index contributed by atoms with van der Waals surface area (Å²) < 4.78 is 0. The van der Waals surface area contributed by atoms with Crippen molar-refractivity contribution in [1.82, 2.24) is 15.5 Å². The second-order valence-electron chi connectivity index (χ2n) is 5.89. The van der Waals surface area contributed by atoms with Crippen LogP contribution >= 0.6 is 0 Å². The first-order chi connectivity index (χ1) is 9.13. The summed E-state index contributed by atoms with van der Waals surface area (Å²) in [4.78, 5) is 14.2. The molecule has 1 atom stereocenters. The normalized spacial score (nSPS) is 20.7. The highest BCUT2D eigenvalue weighted by Crippen LogP contribution is 2.16. The molecule has 1 aliphatic rings. The van der Waals surface area contributed by atoms with Crippen LogP contribution in [0.15, 0.2) is 0 Å².